The highest BCUT2D eigenvalue weighted by Gasteiger charge is 2.26. The van der Waals surface area contributed by atoms with Crippen molar-refractivity contribution in [1.29, 1.82) is 0 Å². The van der Waals surface area contributed by atoms with Crippen molar-refractivity contribution in [3.05, 3.63) is 53.6 Å². The van der Waals surface area contributed by atoms with Crippen molar-refractivity contribution in [2.75, 3.05) is 18.1 Å². The van der Waals surface area contributed by atoms with Crippen LogP contribution in [0.25, 0.3) is 11.1 Å². The fraction of sp³-hybridized carbons (Fsp3) is 0.263. The molecule has 130 valence electrons. The Morgan fingerprint density at radius 3 is 2.52 bits per heavy atom. The van der Waals surface area contributed by atoms with Crippen LogP contribution in [0.15, 0.2) is 36.4 Å². The van der Waals surface area contributed by atoms with Gasteiger partial charge in [0, 0.05) is 12.1 Å². The van der Waals surface area contributed by atoms with Gasteiger partial charge in [-0.15, -0.1) is 0 Å². The molecule has 0 fully saturated rings. The summed E-state index contributed by atoms with van der Waals surface area (Å²) in [6.07, 6.45) is 0.818. The van der Waals surface area contributed by atoms with E-state index in [-0.39, 0.29) is 25.5 Å². The molecule has 0 saturated heterocycles. The smallest absolute Gasteiger partial charge is 0.326 e. The molecule has 1 heterocycles. The number of benzene rings is 2. The van der Waals surface area contributed by atoms with E-state index in [4.69, 9.17) is 4.74 Å². The van der Waals surface area contributed by atoms with Crippen LogP contribution in [-0.4, -0.2) is 25.0 Å². The number of hydrogen-bond acceptors (Lipinski definition) is 3. The van der Waals surface area contributed by atoms with Gasteiger partial charge in [0.05, 0.1) is 6.61 Å². The number of anilines is 1. The zero-order valence-electron chi connectivity index (χ0n) is 13.7. The van der Waals surface area contributed by atoms with E-state index in [0.29, 0.717) is 17.7 Å². The largest absolute Gasteiger partial charge is 0.465 e. The van der Waals surface area contributed by atoms with Crippen molar-refractivity contribution < 1.29 is 23.1 Å². The lowest BCUT2D eigenvalue weighted by atomic mass is 9.95. The van der Waals surface area contributed by atoms with Crippen LogP contribution in [0.2, 0.25) is 0 Å². The van der Waals surface area contributed by atoms with Gasteiger partial charge in [-0.2, -0.15) is 0 Å². The van der Waals surface area contributed by atoms with Crippen LogP contribution in [0, 0.1) is 11.6 Å². The Labute approximate surface area is 144 Å². The summed E-state index contributed by atoms with van der Waals surface area (Å²) in [5, 5.41) is 0. The summed E-state index contributed by atoms with van der Waals surface area (Å²) in [5.74, 6) is -2.41. The van der Waals surface area contributed by atoms with Crippen LogP contribution >= 0.6 is 0 Å². The maximum atomic E-state index is 13.5. The second-order valence-corrected chi connectivity index (χ2v) is 5.76. The zero-order valence-corrected chi connectivity index (χ0v) is 13.7. The predicted molar refractivity (Wildman–Crippen MR) is 89.1 cm³/mol. The van der Waals surface area contributed by atoms with E-state index in [1.54, 1.807) is 19.1 Å². The Balaban J connectivity index is 1.93. The van der Waals surface area contributed by atoms with Crippen molar-refractivity contribution in [3.8, 4) is 11.1 Å². The van der Waals surface area contributed by atoms with Gasteiger partial charge >= 0.3 is 5.97 Å². The SMILES string of the molecule is CCOC(=O)CN1C(=O)CCc2cc(-c3ccc(F)c(F)c3)ccc21. The second-order valence-electron chi connectivity index (χ2n) is 5.76. The van der Waals surface area contributed by atoms with Crippen molar-refractivity contribution >= 4 is 17.6 Å². The lowest BCUT2D eigenvalue weighted by molar-refractivity contribution is -0.142. The van der Waals surface area contributed by atoms with E-state index in [1.807, 2.05) is 6.07 Å². The van der Waals surface area contributed by atoms with Gasteiger partial charge < -0.3 is 9.64 Å². The van der Waals surface area contributed by atoms with Crippen molar-refractivity contribution in [2.45, 2.75) is 19.8 Å². The van der Waals surface area contributed by atoms with Gasteiger partial charge in [0.2, 0.25) is 5.91 Å². The average Bonchev–Trinajstić information content (AvgIpc) is 2.60. The van der Waals surface area contributed by atoms with E-state index >= 15 is 0 Å². The van der Waals surface area contributed by atoms with Crippen LogP contribution in [0.4, 0.5) is 14.5 Å². The first kappa shape index (κ1) is 17.1. The topological polar surface area (TPSA) is 46.6 Å². The van der Waals surface area contributed by atoms with Gasteiger partial charge in [-0.25, -0.2) is 8.78 Å². The maximum Gasteiger partial charge on any atom is 0.326 e. The van der Waals surface area contributed by atoms with Gasteiger partial charge in [-0.3, -0.25) is 9.59 Å². The Kier molecular flexibility index (Phi) is 4.79. The van der Waals surface area contributed by atoms with Crippen LogP contribution in [0.3, 0.4) is 0 Å². The minimum atomic E-state index is -0.908. The number of rotatable bonds is 4. The molecule has 0 radical (unpaired) electrons. The monoisotopic (exact) mass is 345 g/mol. The molecule has 0 unspecified atom stereocenters. The first-order valence-electron chi connectivity index (χ1n) is 8.04. The Morgan fingerprint density at radius 2 is 1.80 bits per heavy atom. The normalized spacial score (nSPS) is 13.6. The third kappa shape index (κ3) is 3.52. The molecule has 2 aromatic carbocycles. The third-order valence-electron chi connectivity index (χ3n) is 4.13. The first-order chi connectivity index (χ1) is 12.0. The molecule has 6 heteroatoms. The molecule has 0 bridgehead atoms. The summed E-state index contributed by atoms with van der Waals surface area (Å²) in [7, 11) is 0. The molecule has 2 aromatic rings. The number of fused-ring (bicyclic) bond motifs is 1. The van der Waals surface area contributed by atoms with Crippen LogP contribution in [0.1, 0.15) is 18.9 Å². The molecule has 0 saturated carbocycles. The first-order valence-corrected chi connectivity index (χ1v) is 8.04. The number of aryl methyl sites for hydroxylation is 1. The number of hydrogen-bond donors (Lipinski definition) is 0. The lowest BCUT2D eigenvalue weighted by Crippen LogP contribution is -2.39. The highest BCUT2D eigenvalue weighted by atomic mass is 19.2. The standard InChI is InChI=1S/C19H17F2NO3/c1-2-25-19(24)11-22-17-7-4-12(9-14(17)5-8-18(22)23)13-3-6-15(20)16(21)10-13/h3-4,6-7,9-10H,2,5,8,11H2,1H3. The Bertz CT molecular complexity index is 835. The summed E-state index contributed by atoms with van der Waals surface area (Å²) < 4.78 is 31.5. The number of nitrogens with zero attached hydrogens (tertiary/aromatic N) is 1. The van der Waals surface area contributed by atoms with Crippen molar-refractivity contribution in [3.63, 3.8) is 0 Å². The van der Waals surface area contributed by atoms with Crippen molar-refractivity contribution in [2.24, 2.45) is 0 Å². The summed E-state index contributed by atoms with van der Waals surface area (Å²) in [6.45, 7) is 1.82. The number of halogens is 2. The van der Waals surface area contributed by atoms with Gasteiger partial charge in [0.25, 0.3) is 0 Å². The Morgan fingerprint density at radius 1 is 1.08 bits per heavy atom. The fourth-order valence-electron chi connectivity index (χ4n) is 2.92. The number of carbonyl (C=O) groups excluding carboxylic acids is 2. The summed E-state index contributed by atoms with van der Waals surface area (Å²) in [5.41, 5.74) is 2.81. The van der Waals surface area contributed by atoms with Gasteiger partial charge in [-0.1, -0.05) is 12.1 Å². The van der Waals surface area contributed by atoms with Gasteiger partial charge in [-0.05, 0) is 54.3 Å². The predicted octanol–water partition coefficient (Wildman–Crippen LogP) is 3.47. The molecule has 25 heavy (non-hydrogen) atoms. The van der Waals surface area contributed by atoms with E-state index in [2.05, 4.69) is 0 Å². The second kappa shape index (κ2) is 7.01. The molecule has 1 aliphatic rings. The molecule has 0 aromatic heterocycles. The highest BCUT2D eigenvalue weighted by molar-refractivity contribution is 6.00. The minimum absolute atomic E-state index is 0.135. The molecule has 1 amide bonds. The number of ether oxygens (including phenoxy) is 1. The fourth-order valence-corrected chi connectivity index (χ4v) is 2.92. The molecular weight excluding hydrogens is 328 g/mol. The third-order valence-corrected chi connectivity index (χ3v) is 4.13. The van der Waals surface area contributed by atoms with E-state index in [0.717, 1.165) is 23.3 Å². The molecule has 1 aliphatic heterocycles. The molecular formula is C19H17F2NO3. The lowest BCUT2D eigenvalue weighted by Gasteiger charge is -2.29. The van der Waals surface area contributed by atoms with Crippen LogP contribution in [-0.2, 0) is 20.7 Å². The van der Waals surface area contributed by atoms with Crippen LogP contribution < -0.4 is 4.90 Å². The van der Waals surface area contributed by atoms with E-state index < -0.39 is 17.6 Å². The summed E-state index contributed by atoms with van der Waals surface area (Å²) in [4.78, 5) is 25.3. The molecule has 0 atom stereocenters. The summed E-state index contributed by atoms with van der Waals surface area (Å²) >= 11 is 0. The number of esters is 1. The highest BCUT2D eigenvalue weighted by Crippen LogP contribution is 2.32. The molecule has 3 rings (SSSR count). The molecule has 0 spiro atoms. The van der Waals surface area contributed by atoms with E-state index in [9.17, 15) is 18.4 Å². The Hall–Kier alpha value is -2.76. The number of amides is 1. The van der Waals surface area contributed by atoms with E-state index in [1.165, 1.54) is 11.0 Å². The quantitative estimate of drug-likeness (QED) is 0.797. The molecule has 0 N–H and O–H groups in total. The zero-order chi connectivity index (χ0) is 18.0. The average molecular weight is 345 g/mol. The minimum Gasteiger partial charge on any atom is -0.465 e. The van der Waals surface area contributed by atoms with Crippen molar-refractivity contribution in [1.82, 2.24) is 0 Å². The van der Waals surface area contributed by atoms with Gasteiger partial charge in [0.1, 0.15) is 6.54 Å². The summed E-state index contributed by atoms with van der Waals surface area (Å²) in [6, 6.07) is 9.02. The van der Waals surface area contributed by atoms with Crippen LogP contribution in [0.5, 0.6) is 0 Å². The molecule has 4 nitrogen and oxygen atoms in total. The van der Waals surface area contributed by atoms with Gasteiger partial charge in [0.15, 0.2) is 11.6 Å². The number of carbonyl (C=O) groups is 2. The molecule has 0 aliphatic carbocycles. The maximum absolute atomic E-state index is 13.5.